The Bertz CT molecular complexity index is 719. The maximum atomic E-state index is 12.5. The molecule has 25 heavy (non-hydrogen) atoms. The molecule has 1 atom stereocenters. The maximum Gasteiger partial charge on any atom is 0.326 e. The first-order valence-electron chi connectivity index (χ1n) is 8.84. The van der Waals surface area contributed by atoms with Gasteiger partial charge >= 0.3 is 5.97 Å². The van der Waals surface area contributed by atoms with Crippen LogP contribution in [0.1, 0.15) is 42.5 Å². The third kappa shape index (κ3) is 4.27. The van der Waals surface area contributed by atoms with Gasteiger partial charge in [-0.25, -0.2) is 4.79 Å². The van der Waals surface area contributed by atoms with Crippen LogP contribution in [0.15, 0.2) is 54.6 Å². The molecule has 1 aliphatic rings. The fraction of sp³-hybridized carbons (Fsp3) is 0.333. The molecule has 1 saturated carbocycles. The summed E-state index contributed by atoms with van der Waals surface area (Å²) < 4.78 is 0. The first-order chi connectivity index (χ1) is 12.1. The molecule has 2 aromatic carbocycles. The summed E-state index contributed by atoms with van der Waals surface area (Å²) in [6, 6.07) is 16.4. The third-order valence-corrected chi connectivity index (χ3v) is 4.93. The second-order valence-electron chi connectivity index (χ2n) is 6.63. The van der Waals surface area contributed by atoms with E-state index in [1.165, 1.54) is 0 Å². The predicted molar refractivity (Wildman–Crippen MR) is 97.3 cm³/mol. The topological polar surface area (TPSA) is 66.4 Å². The van der Waals surface area contributed by atoms with E-state index in [9.17, 15) is 14.7 Å². The van der Waals surface area contributed by atoms with E-state index < -0.39 is 12.0 Å². The average Bonchev–Trinajstić information content (AvgIpc) is 2.67. The Labute approximate surface area is 147 Å². The summed E-state index contributed by atoms with van der Waals surface area (Å²) in [7, 11) is 0. The van der Waals surface area contributed by atoms with Crippen molar-refractivity contribution in [3.05, 3.63) is 60.2 Å². The Kier molecular flexibility index (Phi) is 5.49. The van der Waals surface area contributed by atoms with Crippen LogP contribution in [-0.4, -0.2) is 23.0 Å². The molecule has 0 radical (unpaired) electrons. The summed E-state index contributed by atoms with van der Waals surface area (Å²) >= 11 is 0. The van der Waals surface area contributed by atoms with Crippen LogP contribution in [0.2, 0.25) is 0 Å². The normalized spacial score (nSPS) is 16.2. The minimum absolute atomic E-state index is 0.0267. The minimum Gasteiger partial charge on any atom is -0.480 e. The molecule has 1 aliphatic carbocycles. The van der Waals surface area contributed by atoms with Crippen molar-refractivity contribution in [2.75, 3.05) is 0 Å². The van der Waals surface area contributed by atoms with Crippen molar-refractivity contribution >= 4 is 11.9 Å². The van der Waals surface area contributed by atoms with Gasteiger partial charge in [0.05, 0.1) is 0 Å². The zero-order valence-electron chi connectivity index (χ0n) is 14.2. The highest BCUT2D eigenvalue weighted by molar-refractivity contribution is 5.97. The molecule has 4 heteroatoms. The highest BCUT2D eigenvalue weighted by Gasteiger charge is 2.30. The summed E-state index contributed by atoms with van der Waals surface area (Å²) in [6.07, 6.45) is 4.96. The summed E-state index contributed by atoms with van der Waals surface area (Å²) in [5, 5.41) is 12.2. The molecule has 4 nitrogen and oxygen atoms in total. The predicted octanol–water partition coefficient (Wildman–Crippen LogP) is 4.12. The smallest absolute Gasteiger partial charge is 0.326 e. The van der Waals surface area contributed by atoms with Gasteiger partial charge in [-0.2, -0.15) is 0 Å². The van der Waals surface area contributed by atoms with E-state index in [0.29, 0.717) is 5.56 Å². The van der Waals surface area contributed by atoms with Gasteiger partial charge < -0.3 is 10.4 Å². The molecule has 0 saturated heterocycles. The molecular weight excluding hydrogens is 314 g/mol. The molecule has 1 fully saturated rings. The second kappa shape index (κ2) is 7.97. The van der Waals surface area contributed by atoms with Crippen LogP contribution in [0.5, 0.6) is 0 Å². The van der Waals surface area contributed by atoms with Gasteiger partial charge in [0.25, 0.3) is 5.91 Å². The van der Waals surface area contributed by atoms with Gasteiger partial charge in [-0.15, -0.1) is 0 Å². The van der Waals surface area contributed by atoms with Gasteiger partial charge in [-0.05, 0) is 42.0 Å². The highest BCUT2D eigenvalue weighted by Crippen LogP contribution is 2.27. The molecule has 3 rings (SSSR count). The van der Waals surface area contributed by atoms with Crippen LogP contribution in [-0.2, 0) is 4.79 Å². The SMILES string of the molecule is O=C(N[C@@H](C(=O)O)C1CCCCC1)c1ccc(-c2ccccc2)cc1. The molecule has 0 spiro atoms. The Morgan fingerprint density at radius 1 is 0.880 bits per heavy atom. The number of carboxylic acid groups (broad SMARTS) is 1. The molecule has 130 valence electrons. The molecule has 1 amide bonds. The number of amides is 1. The molecular formula is C21H23NO3. The molecule has 0 unspecified atom stereocenters. The van der Waals surface area contributed by atoms with Gasteiger partial charge in [0.2, 0.25) is 0 Å². The molecule has 0 aliphatic heterocycles. The van der Waals surface area contributed by atoms with Crippen LogP contribution in [0.4, 0.5) is 0 Å². The molecule has 2 N–H and O–H groups in total. The van der Waals surface area contributed by atoms with Crippen LogP contribution in [0, 0.1) is 5.92 Å². The Hall–Kier alpha value is -2.62. The van der Waals surface area contributed by atoms with E-state index in [0.717, 1.165) is 43.2 Å². The lowest BCUT2D eigenvalue weighted by Crippen LogP contribution is -2.46. The number of carbonyl (C=O) groups excluding carboxylic acids is 1. The highest BCUT2D eigenvalue weighted by atomic mass is 16.4. The standard InChI is InChI=1S/C21H23NO3/c23-20(22-19(21(24)25)17-9-5-2-6-10-17)18-13-11-16(12-14-18)15-7-3-1-4-8-15/h1,3-4,7-8,11-14,17,19H,2,5-6,9-10H2,(H,22,23)(H,24,25)/t19-/m1/s1. The average molecular weight is 337 g/mol. The number of hydrogen-bond acceptors (Lipinski definition) is 2. The zero-order chi connectivity index (χ0) is 17.6. The van der Waals surface area contributed by atoms with E-state index in [1.54, 1.807) is 12.1 Å². The van der Waals surface area contributed by atoms with Gasteiger partial charge in [-0.3, -0.25) is 4.79 Å². The van der Waals surface area contributed by atoms with Crippen LogP contribution < -0.4 is 5.32 Å². The van der Waals surface area contributed by atoms with Gasteiger partial charge in [0, 0.05) is 5.56 Å². The number of hydrogen-bond donors (Lipinski definition) is 2. The van der Waals surface area contributed by atoms with E-state index in [-0.39, 0.29) is 11.8 Å². The molecule has 0 aromatic heterocycles. The first-order valence-corrected chi connectivity index (χ1v) is 8.84. The number of nitrogens with one attached hydrogen (secondary N) is 1. The second-order valence-corrected chi connectivity index (χ2v) is 6.63. The molecule has 0 heterocycles. The third-order valence-electron chi connectivity index (χ3n) is 4.93. The van der Waals surface area contributed by atoms with Crippen molar-refractivity contribution < 1.29 is 14.7 Å². The largest absolute Gasteiger partial charge is 0.480 e. The summed E-state index contributed by atoms with van der Waals surface area (Å²) in [6.45, 7) is 0. The number of rotatable bonds is 5. The van der Waals surface area contributed by atoms with Gasteiger partial charge in [0.15, 0.2) is 0 Å². The van der Waals surface area contributed by atoms with Crippen molar-refractivity contribution in [3.63, 3.8) is 0 Å². The molecule has 0 bridgehead atoms. The lowest BCUT2D eigenvalue weighted by Gasteiger charge is -2.28. The Balaban J connectivity index is 1.70. The van der Waals surface area contributed by atoms with Crippen LogP contribution in [0.3, 0.4) is 0 Å². The monoisotopic (exact) mass is 337 g/mol. The van der Waals surface area contributed by atoms with Gasteiger partial charge in [-0.1, -0.05) is 61.7 Å². The Morgan fingerprint density at radius 2 is 1.48 bits per heavy atom. The van der Waals surface area contributed by atoms with E-state index in [2.05, 4.69) is 5.32 Å². The van der Waals surface area contributed by atoms with Crippen LogP contribution >= 0.6 is 0 Å². The zero-order valence-corrected chi connectivity index (χ0v) is 14.2. The lowest BCUT2D eigenvalue weighted by molar-refractivity contribution is -0.141. The maximum absolute atomic E-state index is 12.5. The van der Waals surface area contributed by atoms with Gasteiger partial charge in [0.1, 0.15) is 6.04 Å². The fourth-order valence-electron chi connectivity index (χ4n) is 3.52. The van der Waals surface area contributed by atoms with Crippen molar-refractivity contribution in [1.82, 2.24) is 5.32 Å². The van der Waals surface area contributed by atoms with Crippen molar-refractivity contribution in [2.45, 2.75) is 38.1 Å². The minimum atomic E-state index is -0.943. The van der Waals surface area contributed by atoms with Crippen molar-refractivity contribution in [2.24, 2.45) is 5.92 Å². The number of aliphatic carboxylic acids is 1. The summed E-state index contributed by atoms with van der Waals surface area (Å²) in [5.74, 6) is -1.24. The summed E-state index contributed by atoms with van der Waals surface area (Å²) in [5.41, 5.74) is 2.60. The van der Waals surface area contributed by atoms with E-state index in [1.807, 2.05) is 42.5 Å². The Morgan fingerprint density at radius 3 is 2.08 bits per heavy atom. The number of carboxylic acids is 1. The van der Waals surface area contributed by atoms with E-state index in [4.69, 9.17) is 0 Å². The number of carbonyl (C=O) groups is 2. The fourth-order valence-corrected chi connectivity index (χ4v) is 3.52. The first kappa shape index (κ1) is 17.2. The lowest BCUT2D eigenvalue weighted by atomic mass is 9.84. The summed E-state index contributed by atoms with van der Waals surface area (Å²) in [4.78, 5) is 24.1. The number of benzene rings is 2. The van der Waals surface area contributed by atoms with Crippen molar-refractivity contribution in [1.29, 1.82) is 0 Å². The quantitative estimate of drug-likeness (QED) is 0.862. The van der Waals surface area contributed by atoms with Crippen molar-refractivity contribution in [3.8, 4) is 11.1 Å². The van der Waals surface area contributed by atoms with E-state index >= 15 is 0 Å². The van der Waals surface area contributed by atoms with Crippen LogP contribution in [0.25, 0.3) is 11.1 Å². The molecule has 2 aromatic rings.